The molecule has 2 saturated heterocycles. The summed E-state index contributed by atoms with van der Waals surface area (Å²) in [4.78, 5) is 42.9. The van der Waals surface area contributed by atoms with E-state index in [1.54, 1.807) is 16.7 Å². The Morgan fingerprint density at radius 3 is 1.64 bits per heavy atom. The van der Waals surface area contributed by atoms with Crippen molar-refractivity contribution in [1.82, 2.24) is 19.6 Å². The molecule has 2 heterocycles. The molecule has 0 aromatic heterocycles. The van der Waals surface area contributed by atoms with Gasteiger partial charge in [0.15, 0.2) is 0 Å². The summed E-state index contributed by atoms with van der Waals surface area (Å²) in [6, 6.07) is 0. The zero-order valence-electron chi connectivity index (χ0n) is 13.3. The van der Waals surface area contributed by atoms with Crippen LogP contribution in [0.5, 0.6) is 0 Å². The second kappa shape index (κ2) is 7.44. The molecule has 0 atom stereocenters. The van der Waals surface area contributed by atoms with Gasteiger partial charge in [0.25, 0.3) is 0 Å². The summed E-state index contributed by atoms with van der Waals surface area (Å²) in [5, 5.41) is 0. The molecule has 8 nitrogen and oxygen atoms in total. The van der Waals surface area contributed by atoms with Crippen molar-refractivity contribution in [3.63, 3.8) is 0 Å². The molecule has 8 heteroatoms. The van der Waals surface area contributed by atoms with E-state index in [9.17, 15) is 14.4 Å². The first kappa shape index (κ1) is 16.5. The van der Waals surface area contributed by atoms with E-state index in [4.69, 9.17) is 4.74 Å². The normalized spacial score (nSPS) is 20.0. The molecule has 2 aliphatic rings. The number of piperazine rings is 2. The number of hydrogen-bond donors (Lipinski definition) is 0. The van der Waals surface area contributed by atoms with Gasteiger partial charge >= 0.3 is 17.9 Å². The van der Waals surface area contributed by atoms with Gasteiger partial charge in [0.2, 0.25) is 0 Å². The van der Waals surface area contributed by atoms with E-state index in [1.807, 2.05) is 7.05 Å². The lowest BCUT2D eigenvalue weighted by Gasteiger charge is -2.36. The van der Waals surface area contributed by atoms with E-state index >= 15 is 0 Å². The summed E-state index contributed by atoms with van der Waals surface area (Å²) in [7, 11) is 2.00. The number of hydrogen-bond acceptors (Lipinski definition) is 5. The highest BCUT2D eigenvalue weighted by molar-refractivity contribution is 6.34. The number of amides is 3. The molecule has 0 aliphatic carbocycles. The van der Waals surface area contributed by atoms with Gasteiger partial charge in [0, 0.05) is 52.4 Å². The van der Waals surface area contributed by atoms with Crippen LogP contribution in [0.25, 0.3) is 0 Å². The van der Waals surface area contributed by atoms with Crippen molar-refractivity contribution in [1.29, 1.82) is 0 Å². The minimum absolute atomic E-state index is 0.333. The molecule has 22 heavy (non-hydrogen) atoms. The maximum Gasteiger partial charge on any atom is 0.409 e. The number of nitrogens with zero attached hydrogens (tertiary/aromatic N) is 4. The topological polar surface area (TPSA) is 73.4 Å². The van der Waals surface area contributed by atoms with Gasteiger partial charge < -0.3 is 24.3 Å². The van der Waals surface area contributed by atoms with Crippen molar-refractivity contribution < 1.29 is 19.1 Å². The SMILES string of the molecule is CCOC(=O)N1CCN(C(=O)C(=O)N2CCN(C)CC2)CC1. The first-order chi connectivity index (χ1) is 10.5. The summed E-state index contributed by atoms with van der Waals surface area (Å²) in [5.74, 6) is -0.897. The van der Waals surface area contributed by atoms with Gasteiger partial charge in [-0.15, -0.1) is 0 Å². The fourth-order valence-corrected chi connectivity index (χ4v) is 2.59. The third kappa shape index (κ3) is 3.88. The van der Waals surface area contributed by atoms with Gasteiger partial charge in [-0.1, -0.05) is 0 Å². The Bertz CT molecular complexity index is 427. The first-order valence-corrected chi connectivity index (χ1v) is 7.71. The van der Waals surface area contributed by atoms with E-state index in [0.29, 0.717) is 45.9 Å². The maximum atomic E-state index is 12.3. The van der Waals surface area contributed by atoms with Crippen LogP contribution in [0.3, 0.4) is 0 Å². The van der Waals surface area contributed by atoms with Crippen LogP contribution in [-0.4, -0.2) is 104 Å². The number of carbonyl (C=O) groups is 3. The van der Waals surface area contributed by atoms with Crippen LogP contribution < -0.4 is 0 Å². The lowest BCUT2D eigenvalue weighted by Crippen LogP contribution is -2.56. The monoisotopic (exact) mass is 312 g/mol. The van der Waals surface area contributed by atoms with Crippen molar-refractivity contribution in [3.05, 3.63) is 0 Å². The highest BCUT2D eigenvalue weighted by atomic mass is 16.6. The van der Waals surface area contributed by atoms with E-state index in [0.717, 1.165) is 13.1 Å². The van der Waals surface area contributed by atoms with Gasteiger partial charge in [0.1, 0.15) is 0 Å². The quantitative estimate of drug-likeness (QED) is 0.584. The molecule has 124 valence electrons. The zero-order chi connectivity index (χ0) is 16.1. The highest BCUT2D eigenvalue weighted by Gasteiger charge is 2.31. The molecule has 0 saturated carbocycles. The number of rotatable bonds is 1. The van der Waals surface area contributed by atoms with Crippen LogP contribution in [0.1, 0.15) is 6.92 Å². The number of likely N-dealkylation sites (N-methyl/N-ethyl adjacent to an activating group) is 1. The Kier molecular flexibility index (Phi) is 5.59. The van der Waals surface area contributed by atoms with Crippen LogP contribution in [-0.2, 0) is 14.3 Å². The molecule has 2 rings (SSSR count). The molecule has 0 unspecified atom stereocenters. The predicted molar refractivity (Wildman–Crippen MR) is 79.3 cm³/mol. The van der Waals surface area contributed by atoms with Crippen LogP contribution in [0.4, 0.5) is 4.79 Å². The van der Waals surface area contributed by atoms with Gasteiger partial charge in [-0.2, -0.15) is 0 Å². The van der Waals surface area contributed by atoms with E-state index < -0.39 is 11.8 Å². The maximum absolute atomic E-state index is 12.3. The molecular weight excluding hydrogens is 288 g/mol. The smallest absolute Gasteiger partial charge is 0.409 e. The van der Waals surface area contributed by atoms with Crippen LogP contribution in [0, 0.1) is 0 Å². The Hall–Kier alpha value is -1.83. The lowest BCUT2D eigenvalue weighted by atomic mass is 10.2. The van der Waals surface area contributed by atoms with Crippen molar-refractivity contribution >= 4 is 17.9 Å². The molecular formula is C14H24N4O4. The van der Waals surface area contributed by atoms with E-state index in [-0.39, 0.29) is 6.09 Å². The molecule has 0 spiro atoms. The molecule has 2 aliphatic heterocycles. The fourth-order valence-electron chi connectivity index (χ4n) is 2.59. The summed E-state index contributed by atoms with van der Waals surface area (Å²) >= 11 is 0. The summed E-state index contributed by atoms with van der Waals surface area (Å²) < 4.78 is 4.93. The molecule has 0 aromatic carbocycles. The molecule has 0 aromatic rings. The molecule has 2 fully saturated rings. The largest absolute Gasteiger partial charge is 0.450 e. The van der Waals surface area contributed by atoms with Gasteiger partial charge in [0.05, 0.1) is 6.61 Å². The Morgan fingerprint density at radius 2 is 1.18 bits per heavy atom. The summed E-state index contributed by atoms with van der Waals surface area (Å²) in [5.41, 5.74) is 0. The predicted octanol–water partition coefficient (Wildman–Crippen LogP) is -0.939. The molecule has 0 radical (unpaired) electrons. The third-order valence-electron chi connectivity index (χ3n) is 4.07. The van der Waals surface area contributed by atoms with Crippen LogP contribution in [0.2, 0.25) is 0 Å². The van der Waals surface area contributed by atoms with Gasteiger partial charge in [-0.3, -0.25) is 9.59 Å². The summed E-state index contributed by atoms with van der Waals surface area (Å²) in [6.07, 6.45) is -0.361. The van der Waals surface area contributed by atoms with Crippen molar-refractivity contribution in [2.45, 2.75) is 6.92 Å². The number of carbonyl (C=O) groups excluding carboxylic acids is 3. The van der Waals surface area contributed by atoms with Gasteiger partial charge in [-0.05, 0) is 14.0 Å². The average Bonchev–Trinajstić information content (AvgIpc) is 2.54. The minimum Gasteiger partial charge on any atom is -0.450 e. The molecule has 0 N–H and O–H groups in total. The Morgan fingerprint density at radius 1 is 0.773 bits per heavy atom. The highest BCUT2D eigenvalue weighted by Crippen LogP contribution is 2.07. The van der Waals surface area contributed by atoms with Crippen LogP contribution in [0.15, 0.2) is 0 Å². The second-order valence-corrected chi connectivity index (χ2v) is 5.57. The average molecular weight is 312 g/mol. The standard InChI is InChI=1S/C14H24N4O4/c1-3-22-14(21)18-10-8-17(9-11-18)13(20)12(19)16-6-4-15(2)5-7-16/h3-11H2,1-2H3. The van der Waals surface area contributed by atoms with E-state index in [2.05, 4.69) is 4.90 Å². The number of ether oxygens (including phenoxy) is 1. The molecule has 3 amide bonds. The minimum atomic E-state index is -0.465. The van der Waals surface area contributed by atoms with Crippen molar-refractivity contribution in [2.24, 2.45) is 0 Å². The third-order valence-corrected chi connectivity index (χ3v) is 4.07. The Labute approximate surface area is 130 Å². The Balaban J connectivity index is 1.82. The van der Waals surface area contributed by atoms with Crippen LogP contribution >= 0.6 is 0 Å². The van der Waals surface area contributed by atoms with Crippen molar-refractivity contribution in [3.8, 4) is 0 Å². The van der Waals surface area contributed by atoms with E-state index in [1.165, 1.54) is 4.90 Å². The first-order valence-electron chi connectivity index (χ1n) is 7.71. The molecule has 0 bridgehead atoms. The van der Waals surface area contributed by atoms with Gasteiger partial charge in [-0.25, -0.2) is 4.79 Å². The lowest BCUT2D eigenvalue weighted by molar-refractivity contribution is -0.153. The zero-order valence-corrected chi connectivity index (χ0v) is 13.3. The van der Waals surface area contributed by atoms with Crippen molar-refractivity contribution in [2.75, 3.05) is 66.0 Å². The summed E-state index contributed by atoms with van der Waals surface area (Å²) in [6.45, 7) is 6.39. The second-order valence-electron chi connectivity index (χ2n) is 5.57. The fraction of sp³-hybridized carbons (Fsp3) is 0.786.